The van der Waals surface area contributed by atoms with Crippen molar-refractivity contribution < 1.29 is 24.2 Å². The number of benzene rings is 2. The number of nitrogens with one attached hydrogen (secondary N) is 2. The van der Waals surface area contributed by atoms with Crippen LogP contribution in [0.5, 0.6) is 0 Å². The van der Waals surface area contributed by atoms with Crippen molar-refractivity contribution in [2.75, 3.05) is 13.2 Å². The maximum absolute atomic E-state index is 12.7. The molecule has 1 fully saturated rings. The second-order valence-electron chi connectivity index (χ2n) is 8.69. The van der Waals surface area contributed by atoms with E-state index in [1.807, 2.05) is 36.4 Å². The minimum Gasteiger partial charge on any atom is -0.481 e. The third-order valence-corrected chi connectivity index (χ3v) is 6.52. The normalized spacial score (nSPS) is 16.1. The van der Waals surface area contributed by atoms with Gasteiger partial charge >= 0.3 is 12.1 Å². The Morgan fingerprint density at radius 1 is 1.09 bits per heavy atom. The van der Waals surface area contributed by atoms with E-state index in [1.165, 1.54) is 0 Å². The predicted molar refractivity (Wildman–Crippen MR) is 124 cm³/mol. The van der Waals surface area contributed by atoms with E-state index in [-0.39, 0.29) is 19.1 Å². The van der Waals surface area contributed by atoms with Gasteiger partial charge in [-0.3, -0.25) is 9.59 Å². The summed E-state index contributed by atoms with van der Waals surface area (Å²) >= 11 is 0. The number of alkyl carbamates (subject to hydrolysis) is 1. The topological polar surface area (TPSA) is 105 Å². The summed E-state index contributed by atoms with van der Waals surface area (Å²) in [5, 5.41) is 14.6. The highest BCUT2D eigenvalue weighted by molar-refractivity contribution is 5.87. The molecular formula is C26H28N2O5. The predicted octanol–water partition coefficient (Wildman–Crippen LogP) is 3.84. The summed E-state index contributed by atoms with van der Waals surface area (Å²) in [7, 11) is 0. The zero-order valence-electron chi connectivity index (χ0n) is 18.4. The van der Waals surface area contributed by atoms with Crippen LogP contribution in [0.3, 0.4) is 0 Å². The summed E-state index contributed by atoms with van der Waals surface area (Å²) in [6.07, 6.45) is 2.94. The van der Waals surface area contributed by atoms with E-state index in [0.717, 1.165) is 22.3 Å². The number of aliphatic carboxylic acids is 1. The Labute approximate surface area is 192 Å². The Balaban J connectivity index is 1.37. The molecule has 4 rings (SSSR count). The summed E-state index contributed by atoms with van der Waals surface area (Å²) in [6, 6.07) is 15.3. The lowest BCUT2D eigenvalue weighted by Crippen LogP contribution is -2.48. The molecule has 2 aromatic carbocycles. The maximum Gasteiger partial charge on any atom is 0.407 e. The quantitative estimate of drug-likeness (QED) is 0.479. The van der Waals surface area contributed by atoms with E-state index in [0.29, 0.717) is 25.7 Å². The number of fused-ring (bicyclic) bond motifs is 3. The van der Waals surface area contributed by atoms with Crippen LogP contribution in [0.15, 0.2) is 61.2 Å². The van der Waals surface area contributed by atoms with Crippen LogP contribution < -0.4 is 10.6 Å². The van der Waals surface area contributed by atoms with Gasteiger partial charge < -0.3 is 20.5 Å². The molecule has 0 heterocycles. The van der Waals surface area contributed by atoms with E-state index in [9.17, 15) is 19.5 Å². The summed E-state index contributed by atoms with van der Waals surface area (Å²) in [5.41, 5.74) is 3.62. The number of hydrogen-bond acceptors (Lipinski definition) is 4. The average molecular weight is 449 g/mol. The molecule has 0 aliphatic heterocycles. The average Bonchev–Trinajstić information content (AvgIpc) is 3.56. The summed E-state index contributed by atoms with van der Waals surface area (Å²) in [4.78, 5) is 36.6. The van der Waals surface area contributed by atoms with Crippen LogP contribution in [0.1, 0.15) is 42.7 Å². The van der Waals surface area contributed by atoms with E-state index in [1.54, 1.807) is 6.08 Å². The molecule has 2 amide bonds. The molecule has 2 aliphatic carbocycles. The molecule has 3 N–H and O–H groups in total. The standard InChI is InChI=1S/C26H28N2O5/c1-2-3-12-22(23(29)27-16-26(13-14-26)24(30)31)28-25(32)33-15-21-19-10-6-4-8-17(19)18-9-5-7-11-20(18)21/h2,4-11,21-22H,1,3,12-16H2,(H,27,29)(H,28,32)(H,30,31). The molecule has 7 nitrogen and oxygen atoms in total. The lowest BCUT2D eigenvalue weighted by atomic mass is 9.98. The van der Waals surface area contributed by atoms with E-state index in [2.05, 4.69) is 29.3 Å². The van der Waals surface area contributed by atoms with Crippen LogP contribution in [0.2, 0.25) is 0 Å². The Bertz CT molecular complexity index is 1030. The first-order valence-electron chi connectivity index (χ1n) is 11.2. The molecule has 0 radical (unpaired) electrons. The van der Waals surface area contributed by atoms with Gasteiger partial charge in [-0.25, -0.2) is 4.79 Å². The Hall–Kier alpha value is -3.61. The van der Waals surface area contributed by atoms with Crippen molar-refractivity contribution >= 4 is 18.0 Å². The fraction of sp³-hybridized carbons (Fsp3) is 0.346. The first-order chi connectivity index (χ1) is 15.9. The SMILES string of the molecule is C=CCCC(NC(=O)OCC1c2ccccc2-c2ccccc21)C(=O)NCC1(C(=O)O)CC1. The minimum absolute atomic E-state index is 0.0537. The van der Waals surface area contributed by atoms with Crippen molar-refractivity contribution in [1.29, 1.82) is 0 Å². The lowest BCUT2D eigenvalue weighted by Gasteiger charge is -2.20. The highest BCUT2D eigenvalue weighted by Gasteiger charge is 2.50. The lowest BCUT2D eigenvalue weighted by molar-refractivity contribution is -0.143. The molecule has 2 aromatic rings. The van der Waals surface area contributed by atoms with Gasteiger partial charge in [0, 0.05) is 12.5 Å². The van der Waals surface area contributed by atoms with Crippen LogP contribution in [-0.2, 0) is 14.3 Å². The maximum atomic E-state index is 12.7. The largest absolute Gasteiger partial charge is 0.481 e. The highest BCUT2D eigenvalue weighted by Crippen LogP contribution is 2.45. The van der Waals surface area contributed by atoms with Gasteiger partial charge in [0.2, 0.25) is 5.91 Å². The van der Waals surface area contributed by atoms with Crippen LogP contribution in [0, 0.1) is 5.41 Å². The van der Waals surface area contributed by atoms with Crippen molar-refractivity contribution in [2.24, 2.45) is 5.41 Å². The first-order valence-corrected chi connectivity index (χ1v) is 11.2. The second kappa shape index (κ2) is 9.48. The van der Waals surface area contributed by atoms with Gasteiger partial charge in [0.15, 0.2) is 0 Å². The molecule has 0 saturated heterocycles. The van der Waals surface area contributed by atoms with Gasteiger partial charge in [-0.1, -0.05) is 54.6 Å². The van der Waals surface area contributed by atoms with Gasteiger partial charge in [0.25, 0.3) is 0 Å². The molecule has 0 bridgehead atoms. The number of ether oxygens (including phenoxy) is 1. The van der Waals surface area contributed by atoms with E-state index >= 15 is 0 Å². The number of hydrogen-bond donors (Lipinski definition) is 3. The smallest absolute Gasteiger partial charge is 0.407 e. The fourth-order valence-corrected chi connectivity index (χ4v) is 4.33. The number of carboxylic acid groups (broad SMARTS) is 1. The molecule has 7 heteroatoms. The van der Waals surface area contributed by atoms with E-state index in [4.69, 9.17) is 4.74 Å². The number of amides is 2. The van der Waals surface area contributed by atoms with Crippen molar-refractivity contribution in [3.8, 4) is 11.1 Å². The van der Waals surface area contributed by atoms with Crippen LogP contribution in [0.4, 0.5) is 4.79 Å². The zero-order chi connectivity index (χ0) is 23.4. The number of carbonyl (C=O) groups is 3. The second-order valence-corrected chi connectivity index (χ2v) is 8.69. The number of rotatable bonds is 10. The third-order valence-electron chi connectivity index (χ3n) is 6.52. The van der Waals surface area contributed by atoms with Crippen molar-refractivity contribution in [3.63, 3.8) is 0 Å². The minimum atomic E-state index is -0.907. The Morgan fingerprint density at radius 2 is 1.70 bits per heavy atom. The first kappa shape index (κ1) is 22.6. The summed E-state index contributed by atoms with van der Waals surface area (Å²) < 4.78 is 5.55. The molecule has 0 aromatic heterocycles. The number of allylic oxidation sites excluding steroid dienone is 1. The molecule has 0 spiro atoms. The molecule has 1 saturated carbocycles. The van der Waals surface area contributed by atoms with E-state index < -0.39 is 29.4 Å². The number of carboxylic acids is 1. The van der Waals surface area contributed by atoms with Crippen LogP contribution in [0.25, 0.3) is 11.1 Å². The van der Waals surface area contributed by atoms with Gasteiger partial charge in [-0.15, -0.1) is 6.58 Å². The number of carbonyl (C=O) groups excluding carboxylic acids is 2. The molecular weight excluding hydrogens is 420 g/mol. The molecule has 2 aliphatic rings. The molecule has 33 heavy (non-hydrogen) atoms. The zero-order valence-corrected chi connectivity index (χ0v) is 18.4. The van der Waals surface area contributed by atoms with Crippen LogP contribution in [-0.4, -0.2) is 42.3 Å². The van der Waals surface area contributed by atoms with Crippen molar-refractivity contribution in [2.45, 2.75) is 37.6 Å². The van der Waals surface area contributed by atoms with Gasteiger partial charge in [0.1, 0.15) is 12.6 Å². The Kier molecular flexibility index (Phi) is 6.49. The summed E-state index contributed by atoms with van der Waals surface area (Å²) in [6.45, 7) is 3.87. The molecule has 1 atom stereocenters. The fourth-order valence-electron chi connectivity index (χ4n) is 4.33. The van der Waals surface area contributed by atoms with Gasteiger partial charge in [-0.2, -0.15) is 0 Å². The third kappa shape index (κ3) is 4.77. The van der Waals surface area contributed by atoms with Gasteiger partial charge in [0.05, 0.1) is 5.41 Å². The van der Waals surface area contributed by atoms with Crippen molar-refractivity contribution in [1.82, 2.24) is 10.6 Å². The molecule has 172 valence electrons. The Morgan fingerprint density at radius 3 is 2.24 bits per heavy atom. The molecule has 1 unspecified atom stereocenters. The monoisotopic (exact) mass is 448 g/mol. The summed E-state index contributed by atoms with van der Waals surface area (Å²) in [5.74, 6) is -1.40. The highest BCUT2D eigenvalue weighted by atomic mass is 16.5. The van der Waals surface area contributed by atoms with Crippen molar-refractivity contribution in [3.05, 3.63) is 72.3 Å². The van der Waals surface area contributed by atoms with Gasteiger partial charge in [-0.05, 0) is 47.9 Å². The van der Waals surface area contributed by atoms with Crippen LogP contribution >= 0.6 is 0 Å².